The van der Waals surface area contributed by atoms with Crippen LogP contribution in [0.1, 0.15) is 70.6 Å². The zero-order valence-electron chi connectivity index (χ0n) is 12.4. The number of nitrogens with one attached hydrogen (secondary N) is 1. The van der Waals surface area contributed by atoms with E-state index in [1.807, 2.05) is 0 Å². The maximum atomic E-state index is 8.79. The minimum absolute atomic E-state index is 0.215. The maximum absolute atomic E-state index is 8.79. The van der Waals surface area contributed by atoms with Crippen molar-refractivity contribution in [3.8, 4) is 0 Å². The Balaban J connectivity index is 1.74. The number of aliphatic hydroxyl groups is 1. The van der Waals surface area contributed by atoms with E-state index < -0.39 is 0 Å². The molecule has 3 heteroatoms. The predicted octanol–water partition coefficient (Wildman–Crippen LogP) is 2.57. The van der Waals surface area contributed by atoms with Gasteiger partial charge in [0.25, 0.3) is 0 Å². The highest BCUT2D eigenvalue weighted by molar-refractivity contribution is 5.00. The molecule has 1 spiro atoms. The Labute approximate surface area is 118 Å². The number of unbranched alkanes of at least 4 members (excludes halogenated alkanes) is 2. The Kier molecular flexibility index (Phi) is 5.67. The van der Waals surface area contributed by atoms with Crippen LogP contribution in [0.2, 0.25) is 0 Å². The van der Waals surface area contributed by atoms with Crippen molar-refractivity contribution >= 4 is 0 Å². The second-order valence-corrected chi connectivity index (χ2v) is 6.90. The molecule has 3 nitrogen and oxygen atoms in total. The molecule has 2 rings (SSSR count). The summed E-state index contributed by atoms with van der Waals surface area (Å²) in [5.74, 6) is 0. The van der Waals surface area contributed by atoms with E-state index in [0.717, 1.165) is 32.4 Å². The second-order valence-electron chi connectivity index (χ2n) is 6.90. The molecule has 0 aromatic heterocycles. The lowest BCUT2D eigenvalue weighted by atomic mass is 9.66. The maximum Gasteiger partial charge on any atom is 0.0431 e. The molecule has 0 atom stereocenters. The summed E-state index contributed by atoms with van der Waals surface area (Å²) in [7, 11) is 0. The van der Waals surface area contributed by atoms with Gasteiger partial charge >= 0.3 is 0 Å². The van der Waals surface area contributed by atoms with Gasteiger partial charge in [-0.05, 0) is 69.7 Å². The first-order chi connectivity index (χ1) is 9.24. The third kappa shape index (κ3) is 3.93. The fourth-order valence-electron chi connectivity index (χ4n) is 4.10. The molecule has 112 valence electrons. The average molecular weight is 268 g/mol. The molecule has 0 aromatic rings. The number of hydrogen-bond donors (Lipinski definition) is 3. The lowest BCUT2D eigenvalue weighted by molar-refractivity contribution is 0.114. The van der Waals surface area contributed by atoms with Gasteiger partial charge in [0.2, 0.25) is 0 Å². The molecule has 0 heterocycles. The highest BCUT2D eigenvalue weighted by Gasteiger charge is 2.42. The third-order valence-electron chi connectivity index (χ3n) is 5.66. The molecule has 0 bridgehead atoms. The molecule has 2 aliphatic rings. The highest BCUT2D eigenvalue weighted by Crippen LogP contribution is 2.50. The van der Waals surface area contributed by atoms with E-state index in [0.29, 0.717) is 12.0 Å². The average Bonchev–Trinajstić information content (AvgIpc) is 2.90. The van der Waals surface area contributed by atoms with Crippen LogP contribution in [0.4, 0.5) is 0 Å². The van der Waals surface area contributed by atoms with Crippen molar-refractivity contribution in [2.45, 2.75) is 76.2 Å². The summed E-state index contributed by atoms with van der Waals surface area (Å²) in [6.07, 6.45) is 14.3. The van der Waals surface area contributed by atoms with Crippen molar-refractivity contribution in [1.29, 1.82) is 0 Å². The zero-order chi connectivity index (χ0) is 13.6. The van der Waals surface area contributed by atoms with Crippen molar-refractivity contribution in [2.24, 2.45) is 11.1 Å². The van der Waals surface area contributed by atoms with E-state index in [9.17, 15) is 0 Å². The van der Waals surface area contributed by atoms with Gasteiger partial charge in [0.05, 0.1) is 0 Å². The van der Waals surface area contributed by atoms with Crippen molar-refractivity contribution in [2.75, 3.05) is 19.7 Å². The molecule has 4 N–H and O–H groups in total. The lowest BCUT2D eigenvalue weighted by Crippen LogP contribution is -2.54. The van der Waals surface area contributed by atoms with Crippen LogP contribution >= 0.6 is 0 Å². The van der Waals surface area contributed by atoms with Crippen LogP contribution in [0.15, 0.2) is 0 Å². The SMILES string of the molecule is NCC1(NCCCCCO)CCC2(CCCC2)CC1. The molecular formula is C16H32N2O. The van der Waals surface area contributed by atoms with Crippen molar-refractivity contribution in [1.82, 2.24) is 5.32 Å². The van der Waals surface area contributed by atoms with Crippen molar-refractivity contribution in [3.05, 3.63) is 0 Å². The van der Waals surface area contributed by atoms with Gasteiger partial charge in [-0.25, -0.2) is 0 Å². The summed E-state index contributed by atoms with van der Waals surface area (Å²) in [6, 6.07) is 0. The van der Waals surface area contributed by atoms with E-state index in [1.54, 1.807) is 0 Å². The van der Waals surface area contributed by atoms with Gasteiger partial charge in [0.15, 0.2) is 0 Å². The summed E-state index contributed by atoms with van der Waals surface area (Å²) in [6.45, 7) is 2.16. The summed E-state index contributed by atoms with van der Waals surface area (Å²) in [5.41, 5.74) is 6.97. The van der Waals surface area contributed by atoms with E-state index in [4.69, 9.17) is 10.8 Å². The first kappa shape index (κ1) is 15.3. The van der Waals surface area contributed by atoms with Gasteiger partial charge in [-0.15, -0.1) is 0 Å². The lowest BCUT2D eigenvalue weighted by Gasteiger charge is -2.45. The van der Waals surface area contributed by atoms with Crippen LogP contribution in [0, 0.1) is 5.41 Å². The Morgan fingerprint density at radius 1 is 0.895 bits per heavy atom. The van der Waals surface area contributed by atoms with Crippen molar-refractivity contribution in [3.63, 3.8) is 0 Å². The number of nitrogens with two attached hydrogens (primary N) is 1. The number of rotatable bonds is 7. The molecule has 2 saturated carbocycles. The van der Waals surface area contributed by atoms with Gasteiger partial charge in [-0.2, -0.15) is 0 Å². The van der Waals surface area contributed by atoms with Crippen molar-refractivity contribution < 1.29 is 5.11 Å². The van der Waals surface area contributed by atoms with Crippen LogP contribution in [0.5, 0.6) is 0 Å². The van der Waals surface area contributed by atoms with E-state index in [2.05, 4.69) is 5.32 Å². The van der Waals surface area contributed by atoms with Crippen LogP contribution in [-0.2, 0) is 0 Å². The molecule has 0 saturated heterocycles. The zero-order valence-corrected chi connectivity index (χ0v) is 12.4. The van der Waals surface area contributed by atoms with E-state index >= 15 is 0 Å². The molecule has 0 unspecified atom stereocenters. The normalized spacial score (nSPS) is 24.9. The molecular weight excluding hydrogens is 236 g/mol. The van der Waals surface area contributed by atoms with Crippen LogP contribution in [0.25, 0.3) is 0 Å². The minimum atomic E-state index is 0.215. The summed E-state index contributed by atoms with van der Waals surface area (Å²) in [4.78, 5) is 0. The van der Waals surface area contributed by atoms with Gasteiger partial charge in [-0.3, -0.25) is 0 Å². The smallest absolute Gasteiger partial charge is 0.0431 e. The Bertz CT molecular complexity index is 251. The van der Waals surface area contributed by atoms with E-state index in [-0.39, 0.29) is 5.54 Å². The first-order valence-corrected chi connectivity index (χ1v) is 8.30. The fraction of sp³-hybridized carbons (Fsp3) is 1.00. The molecule has 19 heavy (non-hydrogen) atoms. The van der Waals surface area contributed by atoms with Gasteiger partial charge in [-0.1, -0.05) is 12.8 Å². The Morgan fingerprint density at radius 2 is 1.58 bits per heavy atom. The minimum Gasteiger partial charge on any atom is -0.396 e. The quantitative estimate of drug-likeness (QED) is 0.622. The largest absolute Gasteiger partial charge is 0.396 e. The third-order valence-corrected chi connectivity index (χ3v) is 5.66. The molecule has 2 aliphatic carbocycles. The van der Waals surface area contributed by atoms with Crippen LogP contribution in [0.3, 0.4) is 0 Å². The van der Waals surface area contributed by atoms with Gasteiger partial charge in [0, 0.05) is 18.7 Å². The first-order valence-electron chi connectivity index (χ1n) is 8.30. The van der Waals surface area contributed by atoms with Gasteiger partial charge in [0.1, 0.15) is 0 Å². The highest BCUT2D eigenvalue weighted by atomic mass is 16.2. The topological polar surface area (TPSA) is 58.3 Å². The summed E-state index contributed by atoms with van der Waals surface area (Å²) >= 11 is 0. The predicted molar refractivity (Wildman–Crippen MR) is 80.1 cm³/mol. The molecule has 0 radical (unpaired) electrons. The second kappa shape index (κ2) is 7.05. The molecule has 2 fully saturated rings. The Morgan fingerprint density at radius 3 is 2.16 bits per heavy atom. The monoisotopic (exact) mass is 268 g/mol. The van der Waals surface area contributed by atoms with E-state index in [1.165, 1.54) is 51.4 Å². The summed E-state index contributed by atoms with van der Waals surface area (Å²) < 4.78 is 0. The number of aliphatic hydroxyl groups excluding tert-OH is 1. The molecule has 0 amide bonds. The van der Waals surface area contributed by atoms with Gasteiger partial charge < -0.3 is 16.2 Å². The Hall–Kier alpha value is -0.120. The van der Waals surface area contributed by atoms with Crippen LogP contribution < -0.4 is 11.1 Å². The fourth-order valence-corrected chi connectivity index (χ4v) is 4.10. The standard InChI is InChI=1S/C16H32N2O/c17-14-16(18-12-4-1-5-13-19)10-8-15(9-11-16)6-2-3-7-15/h18-19H,1-14,17H2. The summed E-state index contributed by atoms with van der Waals surface area (Å²) in [5, 5.41) is 12.5. The van der Waals surface area contributed by atoms with Crippen LogP contribution in [-0.4, -0.2) is 30.3 Å². The number of hydrogen-bond acceptors (Lipinski definition) is 3. The molecule has 0 aromatic carbocycles. The molecule has 0 aliphatic heterocycles.